The van der Waals surface area contributed by atoms with Gasteiger partial charge in [-0.25, -0.2) is 4.68 Å². The molecule has 2 fully saturated rings. The number of rotatable bonds is 3. The number of carbonyl (C=O) groups excluding carboxylic acids is 1. The second-order valence-corrected chi connectivity index (χ2v) is 7.61. The van der Waals surface area contributed by atoms with Crippen LogP contribution in [0.3, 0.4) is 0 Å². The van der Waals surface area contributed by atoms with Gasteiger partial charge in [0.2, 0.25) is 0 Å². The molecule has 6 nitrogen and oxygen atoms in total. The molecule has 2 aromatic rings. The number of benzene rings is 1. The van der Waals surface area contributed by atoms with Gasteiger partial charge in [-0.05, 0) is 50.8 Å². The zero-order valence-electron chi connectivity index (χ0n) is 13.9. The molecule has 134 valence electrons. The fourth-order valence-corrected chi connectivity index (χ4v) is 4.21. The lowest BCUT2D eigenvalue weighted by atomic mass is 9.99. The smallest absolute Gasteiger partial charge is 0.273 e. The van der Waals surface area contributed by atoms with Crippen molar-refractivity contribution in [1.29, 1.82) is 0 Å². The summed E-state index contributed by atoms with van der Waals surface area (Å²) in [6.07, 6.45) is 4.44. The third-order valence-corrected chi connectivity index (χ3v) is 5.46. The average Bonchev–Trinajstić information content (AvgIpc) is 3.10. The van der Waals surface area contributed by atoms with Gasteiger partial charge in [-0.15, -0.1) is 17.5 Å². The standard InChI is InChI=1S/C17H20BrN5O.ClH/c1-10-16(21-22-23(10)15-4-2-3-11(18)7-15)17(24)20-14-8-12-5-6-13(9-14)19-12;/h2-4,7,12-14,19H,5-6,8-9H2,1H3,(H,20,24);1H. The van der Waals surface area contributed by atoms with E-state index in [2.05, 4.69) is 36.9 Å². The van der Waals surface area contributed by atoms with Gasteiger partial charge < -0.3 is 10.6 Å². The van der Waals surface area contributed by atoms with Crippen molar-refractivity contribution in [3.8, 4) is 5.69 Å². The number of hydrogen-bond acceptors (Lipinski definition) is 4. The van der Waals surface area contributed by atoms with Crippen molar-refractivity contribution in [3.05, 3.63) is 40.1 Å². The zero-order chi connectivity index (χ0) is 16.7. The number of aromatic nitrogens is 3. The number of hydrogen-bond donors (Lipinski definition) is 2. The lowest BCUT2D eigenvalue weighted by molar-refractivity contribution is 0.0918. The number of nitrogens with one attached hydrogen (secondary N) is 2. The van der Waals surface area contributed by atoms with Gasteiger partial charge in [-0.3, -0.25) is 4.79 Å². The highest BCUT2D eigenvalue weighted by Gasteiger charge is 2.34. The van der Waals surface area contributed by atoms with Crippen molar-refractivity contribution in [2.24, 2.45) is 0 Å². The predicted molar refractivity (Wildman–Crippen MR) is 101 cm³/mol. The van der Waals surface area contributed by atoms with E-state index >= 15 is 0 Å². The minimum absolute atomic E-state index is 0. The first-order valence-electron chi connectivity index (χ1n) is 8.35. The molecule has 0 spiro atoms. The van der Waals surface area contributed by atoms with Crippen molar-refractivity contribution in [1.82, 2.24) is 25.6 Å². The Morgan fingerprint density at radius 1 is 1.32 bits per heavy atom. The summed E-state index contributed by atoms with van der Waals surface area (Å²) in [7, 11) is 0. The largest absolute Gasteiger partial charge is 0.348 e. The fourth-order valence-electron chi connectivity index (χ4n) is 3.82. The van der Waals surface area contributed by atoms with Gasteiger partial charge in [0.15, 0.2) is 5.69 Å². The molecule has 4 rings (SSSR count). The van der Waals surface area contributed by atoms with E-state index in [9.17, 15) is 4.79 Å². The Hall–Kier alpha value is -1.44. The maximum absolute atomic E-state index is 12.6. The number of fused-ring (bicyclic) bond motifs is 2. The van der Waals surface area contributed by atoms with Gasteiger partial charge in [0, 0.05) is 22.6 Å². The number of nitrogens with zero attached hydrogens (tertiary/aromatic N) is 3. The summed E-state index contributed by atoms with van der Waals surface area (Å²) in [5.74, 6) is -0.125. The highest BCUT2D eigenvalue weighted by Crippen LogP contribution is 2.27. The number of halogens is 2. The number of piperidine rings is 1. The zero-order valence-corrected chi connectivity index (χ0v) is 16.3. The van der Waals surface area contributed by atoms with E-state index in [1.54, 1.807) is 4.68 Å². The van der Waals surface area contributed by atoms with E-state index in [1.165, 1.54) is 12.8 Å². The molecule has 2 atom stereocenters. The quantitative estimate of drug-likeness (QED) is 0.792. The number of carbonyl (C=O) groups is 1. The van der Waals surface area contributed by atoms with Crippen molar-refractivity contribution >= 4 is 34.2 Å². The van der Waals surface area contributed by atoms with Crippen LogP contribution >= 0.6 is 28.3 Å². The molecular formula is C17H21BrClN5O. The predicted octanol–water partition coefficient (Wildman–Crippen LogP) is 2.77. The molecule has 0 saturated carbocycles. The second kappa shape index (κ2) is 7.43. The maximum atomic E-state index is 12.6. The van der Waals surface area contributed by atoms with Crippen LogP contribution in [-0.4, -0.2) is 39.0 Å². The van der Waals surface area contributed by atoms with E-state index in [0.717, 1.165) is 28.7 Å². The van der Waals surface area contributed by atoms with Gasteiger partial charge in [-0.1, -0.05) is 27.2 Å². The third kappa shape index (κ3) is 3.73. The molecule has 2 aliphatic rings. The summed E-state index contributed by atoms with van der Waals surface area (Å²) < 4.78 is 2.66. The van der Waals surface area contributed by atoms with Gasteiger partial charge in [0.05, 0.1) is 11.4 Å². The minimum Gasteiger partial charge on any atom is -0.348 e. The van der Waals surface area contributed by atoms with E-state index in [4.69, 9.17) is 0 Å². The Kier molecular flexibility index (Phi) is 5.46. The van der Waals surface area contributed by atoms with Crippen LogP contribution in [0.5, 0.6) is 0 Å². The van der Waals surface area contributed by atoms with Gasteiger partial charge in [-0.2, -0.15) is 0 Å². The SMILES string of the molecule is Cc1c(C(=O)NC2CC3CCC(C2)N3)nnn1-c1cccc(Br)c1.Cl. The lowest BCUT2D eigenvalue weighted by Gasteiger charge is -2.29. The van der Waals surface area contributed by atoms with Crippen LogP contribution in [0.25, 0.3) is 5.69 Å². The first kappa shape index (κ1) is 18.4. The van der Waals surface area contributed by atoms with Gasteiger partial charge >= 0.3 is 0 Å². The van der Waals surface area contributed by atoms with E-state index in [1.807, 2.05) is 31.2 Å². The molecule has 2 bridgehead atoms. The third-order valence-electron chi connectivity index (χ3n) is 4.97. The molecule has 2 saturated heterocycles. The molecule has 8 heteroatoms. The normalized spacial score (nSPS) is 24.6. The summed E-state index contributed by atoms with van der Waals surface area (Å²) in [5.41, 5.74) is 2.04. The summed E-state index contributed by atoms with van der Waals surface area (Å²) in [4.78, 5) is 12.6. The van der Waals surface area contributed by atoms with Crippen LogP contribution in [0.1, 0.15) is 41.9 Å². The molecule has 1 amide bonds. The summed E-state index contributed by atoms with van der Waals surface area (Å²) >= 11 is 3.46. The van der Waals surface area contributed by atoms with Crippen LogP contribution in [0.4, 0.5) is 0 Å². The first-order valence-corrected chi connectivity index (χ1v) is 9.14. The van der Waals surface area contributed by atoms with E-state index in [-0.39, 0.29) is 24.4 Å². The van der Waals surface area contributed by atoms with Crippen molar-refractivity contribution in [2.45, 2.75) is 50.7 Å². The molecule has 3 heterocycles. The summed E-state index contributed by atoms with van der Waals surface area (Å²) in [5, 5.41) is 15.0. The molecule has 2 aliphatic heterocycles. The van der Waals surface area contributed by atoms with Crippen LogP contribution in [-0.2, 0) is 0 Å². The second-order valence-electron chi connectivity index (χ2n) is 6.69. The van der Waals surface area contributed by atoms with E-state index in [0.29, 0.717) is 17.8 Å². The van der Waals surface area contributed by atoms with Gasteiger partial charge in [0.25, 0.3) is 5.91 Å². The molecule has 0 radical (unpaired) electrons. The van der Waals surface area contributed by atoms with Crippen LogP contribution in [0.2, 0.25) is 0 Å². The molecule has 1 aromatic carbocycles. The Morgan fingerprint density at radius 3 is 2.72 bits per heavy atom. The first-order chi connectivity index (χ1) is 11.6. The van der Waals surface area contributed by atoms with Crippen LogP contribution in [0, 0.1) is 6.92 Å². The van der Waals surface area contributed by atoms with Gasteiger partial charge in [0.1, 0.15) is 0 Å². The maximum Gasteiger partial charge on any atom is 0.273 e. The van der Waals surface area contributed by atoms with Crippen molar-refractivity contribution in [3.63, 3.8) is 0 Å². The molecule has 1 aromatic heterocycles. The average molecular weight is 427 g/mol. The Morgan fingerprint density at radius 2 is 2.04 bits per heavy atom. The van der Waals surface area contributed by atoms with Crippen molar-refractivity contribution in [2.75, 3.05) is 0 Å². The summed E-state index contributed by atoms with van der Waals surface area (Å²) in [6.45, 7) is 1.88. The molecule has 0 aliphatic carbocycles. The highest BCUT2D eigenvalue weighted by atomic mass is 79.9. The molecular weight excluding hydrogens is 406 g/mol. The lowest BCUT2D eigenvalue weighted by Crippen LogP contribution is -2.48. The monoisotopic (exact) mass is 425 g/mol. The molecule has 2 unspecified atom stereocenters. The molecule has 2 N–H and O–H groups in total. The molecule has 25 heavy (non-hydrogen) atoms. The Bertz CT molecular complexity index is 768. The summed E-state index contributed by atoms with van der Waals surface area (Å²) in [6, 6.07) is 9.11. The van der Waals surface area contributed by atoms with Crippen LogP contribution in [0.15, 0.2) is 28.7 Å². The van der Waals surface area contributed by atoms with Crippen LogP contribution < -0.4 is 10.6 Å². The van der Waals surface area contributed by atoms with E-state index < -0.39 is 0 Å². The Balaban J connectivity index is 0.00000182. The fraction of sp³-hybridized carbons (Fsp3) is 0.471. The minimum atomic E-state index is -0.125. The van der Waals surface area contributed by atoms with Crippen molar-refractivity contribution < 1.29 is 4.79 Å². The topological polar surface area (TPSA) is 71.8 Å². The highest BCUT2D eigenvalue weighted by molar-refractivity contribution is 9.10. The number of amides is 1. The Labute approximate surface area is 161 Å².